The van der Waals surface area contributed by atoms with Crippen molar-refractivity contribution in [1.29, 1.82) is 0 Å². The fourth-order valence-electron chi connectivity index (χ4n) is 1.92. The van der Waals surface area contributed by atoms with E-state index in [2.05, 4.69) is 4.72 Å². The van der Waals surface area contributed by atoms with Gasteiger partial charge >= 0.3 is 0 Å². The average molecular weight is 360 g/mol. The summed E-state index contributed by atoms with van der Waals surface area (Å²) in [6.07, 6.45) is 0.545. The number of methoxy groups -OCH3 is 1. The summed E-state index contributed by atoms with van der Waals surface area (Å²) in [7, 11) is -2.14. The highest BCUT2D eigenvalue weighted by Crippen LogP contribution is 2.26. The minimum atomic E-state index is -3.61. The summed E-state index contributed by atoms with van der Waals surface area (Å²) < 4.78 is 31.9. The predicted molar refractivity (Wildman–Crippen MR) is 88.3 cm³/mol. The van der Waals surface area contributed by atoms with Gasteiger partial charge in [0.2, 0.25) is 10.0 Å². The van der Waals surface area contributed by atoms with E-state index in [1.807, 2.05) is 12.1 Å². The lowest BCUT2D eigenvalue weighted by Gasteiger charge is -2.09. The van der Waals surface area contributed by atoms with E-state index in [9.17, 15) is 8.42 Å². The molecule has 0 heterocycles. The average Bonchev–Trinajstić information content (AvgIpc) is 2.47. The molecule has 0 unspecified atom stereocenters. The van der Waals surface area contributed by atoms with Gasteiger partial charge in [-0.1, -0.05) is 35.3 Å². The van der Waals surface area contributed by atoms with Crippen molar-refractivity contribution in [2.45, 2.75) is 11.3 Å². The van der Waals surface area contributed by atoms with Crippen LogP contribution in [-0.2, 0) is 16.4 Å². The summed E-state index contributed by atoms with van der Waals surface area (Å²) in [6.45, 7) is 0.270. The summed E-state index contributed by atoms with van der Waals surface area (Å²) in [5.41, 5.74) is 0.961. The maximum absolute atomic E-state index is 12.2. The summed E-state index contributed by atoms with van der Waals surface area (Å²) in [6, 6.07) is 11.6. The van der Waals surface area contributed by atoms with E-state index in [1.165, 1.54) is 25.3 Å². The zero-order chi connectivity index (χ0) is 16.2. The molecule has 118 valence electrons. The number of hydrogen-bond acceptors (Lipinski definition) is 3. The summed E-state index contributed by atoms with van der Waals surface area (Å²) in [5.74, 6) is 0.430. The number of ether oxygens (including phenoxy) is 1. The Morgan fingerprint density at radius 1 is 1.14 bits per heavy atom. The molecule has 2 aromatic rings. The highest BCUT2D eigenvalue weighted by atomic mass is 35.5. The van der Waals surface area contributed by atoms with Crippen LogP contribution in [0.2, 0.25) is 10.0 Å². The molecule has 1 N–H and O–H groups in total. The number of benzene rings is 2. The van der Waals surface area contributed by atoms with Crippen LogP contribution in [0.4, 0.5) is 0 Å². The van der Waals surface area contributed by atoms with E-state index >= 15 is 0 Å². The standard InChI is InChI=1S/C15H15Cl2NO3S/c1-21-15-6-5-13(10-14(15)17)22(19,20)18-8-7-11-3-2-4-12(16)9-11/h2-6,9-10,18H,7-8H2,1H3. The Hall–Kier alpha value is -1.27. The van der Waals surface area contributed by atoms with Crippen LogP contribution >= 0.6 is 23.2 Å². The Labute approximate surface area is 140 Å². The first-order chi connectivity index (χ1) is 10.4. The third-order valence-electron chi connectivity index (χ3n) is 3.03. The minimum Gasteiger partial charge on any atom is -0.495 e. The van der Waals surface area contributed by atoms with E-state index in [-0.39, 0.29) is 16.5 Å². The van der Waals surface area contributed by atoms with Crippen molar-refractivity contribution in [3.05, 3.63) is 58.1 Å². The lowest BCUT2D eigenvalue weighted by molar-refractivity contribution is 0.414. The highest BCUT2D eigenvalue weighted by Gasteiger charge is 2.15. The minimum absolute atomic E-state index is 0.101. The van der Waals surface area contributed by atoms with Crippen LogP contribution in [0, 0.1) is 0 Å². The molecule has 0 atom stereocenters. The lowest BCUT2D eigenvalue weighted by atomic mass is 10.2. The third kappa shape index (κ3) is 4.36. The predicted octanol–water partition coefficient (Wildman–Crippen LogP) is 3.52. The molecule has 0 fully saturated rings. The van der Waals surface area contributed by atoms with Gasteiger partial charge in [0.05, 0.1) is 17.0 Å². The molecule has 0 bridgehead atoms. The van der Waals surface area contributed by atoms with Crippen LogP contribution in [0.5, 0.6) is 5.75 Å². The molecular formula is C15H15Cl2NO3S. The molecule has 22 heavy (non-hydrogen) atoms. The second-order valence-electron chi connectivity index (χ2n) is 4.57. The van der Waals surface area contributed by atoms with Gasteiger partial charge in [-0.3, -0.25) is 0 Å². The maximum Gasteiger partial charge on any atom is 0.240 e. The van der Waals surface area contributed by atoms with Crippen molar-refractivity contribution in [3.8, 4) is 5.75 Å². The topological polar surface area (TPSA) is 55.4 Å². The molecule has 0 aromatic heterocycles. The monoisotopic (exact) mass is 359 g/mol. The van der Waals surface area contributed by atoms with Gasteiger partial charge in [-0.05, 0) is 42.3 Å². The molecule has 2 aromatic carbocycles. The Kier molecular flexibility index (Phi) is 5.69. The SMILES string of the molecule is COc1ccc(S(=O)(=O)NCCc2cccc(Cl)c2)cc1Cl. The number of nitrogens with one attached hydrogen (secondary N) is 1. The largest absolute Gasteiger partial charge is 0.495 e. The Morgan fingerprint density at radius 3 is 2.55 bits per heavy atom. The molecule has 0 spiro atoms. The van der Waals surface area contributed by atoms with Crippen LogP contribution in [0.25, 0.3) is 0 Å². The third-order valence-corrected chi connectivity index (χ3v) is 5.02. The summed E-state index contributed by atoms with van der Waals surface area (Å²) >= 11 is 11.8. The Balaban J connectivity index is 2.03. The van der Waals surface area contributed by atoms with E-state index in [1.54, 1.807) is 12.1 Å². The number of rotatable bonds is 6. The normalized spacial score (nSPS) is 11.4. The van der Waals surface area contributed by atoms with Gasteiger partial charge in [0.15, 0.2) is 0 Å². The molecular weight excluding hydrogens is 345 g/mol. The molecule has 2 rings (SSSR count). The molecule has 0 amide bonds. The zero-order valence-electron chi connectivity index (χ0n) is 11.8. The van der Waals surface area contributed by atoms with E-state index in [0.29, 0.717) is 17.2 Å². The Bertz CT molecular complexity index is 763. The molecule has 0 aliphatic heterocycles. The molecule has 4 nitrogen and oxygen atoms in total. The van der Waals surface area contributed by atoms with Gasteiger partial charge < -0.3 is 4.74 Å². The van der Waals surface area contributed by atoms with Gasteiger partial charge in [-0.15, -0.1) is 0 Å². The zero-order valence-corrected chi connectivity index (χ0v) is 14.2. The van der Waals surface area contributed by atoms with Crippen molar-refractivity contribution in [2.75, 3.05) is 13.7 Å². The van der Waals surface area contributed by atoms with Crippen molar-refractivity contribution in [3.63, 3.8) is 0 Å². The van der Waals surface area contributed by atoms with E-state index < -0.39 is 10.0 Å². The van der Waals surface area contributed by atoms with Crippen LogP contribution in [-0.4, -0.2) is 22.1 Å². The first-order valence-corrected chi connectivity index (χ1v) is 8.74. The van der Waals surface area contributed by atoms with Crippen LogP contribution < -0.4 is 9.46 Å². The molecule has 0 radical (unpaired) electrons. The van der Waals surface area contributed by atoms with Crippen molar-refractivity contribution in [1.82, 2.24) is 4.72 Å². The fourth-order valence-corrected chi connectivity index (χ4v) is 3.51. The molecule has 7 heteroatoms. The van der Waals surface area contributed by atoms with Crippen molar-refractivity contribution < 1.29 is 13.2 Å². The summed E-state index contributed by atoms with van der Waals surface area (Å²) in [4.78, 5) is 0.101. The molecule has 0 saturated carbocycles. The van der Waals surface area contributed by atoms with Gasteiger partial charge in [-0.2, -0.15) is 0 Å². The molecule has 0 aliphatic rings. The first-order valence-electron chi connectivity index (χ1n) is 6.50. The number of hydrogen-bond donors (Lipinski definition) is 1. The summed E-state index contributed by atoms with van der Waals surface area (Å²) in [5, 5.41) is 0.877. The second kappa shape index (κ2) is 7.33. The smallest absolute Gasteiger partial charge is 0.240 e. The van der Waals surface area contributed by atoms with Gasteiger partial charge in [-0.25, -0.2) is 13.1 Å². The second-order valence-corrected chi connectivity index (χ2v) is 7.18. The lowest BCUT2D eigenvalue weighted by Crippen LogP contribution is -2.26. The van der Waals surface area contributed by atoms with E-state index in [4.69, 9.17) is 27.9 Å². The van der Waals surface area contributed by atoms with Crippen LogP contribution in [0.3, 0.4) is 0 Å². The fraction of sp³-hybridized carbons (Fsp3) is 0.200. The molecule has 0 saturated heterocycles. The van der Waals surface area contributed by atoms with E-state index in [0.717, 1.165) is 5.56 Å². The van der Waals surface area contributed by atoms with Gasteiger partial charge in [0, 0.05) is 11.6 Å². The van der Waals surface area contributed by atoms with Crippen LogP contribution in [0.1, 0.15) is 5.56 Å². The van der Waals surface area contributed by atoms with Crippen molar-refractivity contribution in [2.24, 2.45) is 0 Å². The maximum atomic E-state index is 12.2. The number of sulfonamides is 1. The van der Waals surface area contributed by atoms with Gasteiger partial charge in [0.1, 0.15) is 5.75 Å². The number of halogens is 2. The highest BCUT2D eigenvalue weighted by molar-refractivity contribution is 7.89. The van der Waals surface area contributed by atoms with Crippen LogP contribution in [0.15, 0.2) is 47.4 Å². The first kappa shape index (κ1) is 17.1. The quantitative estimate of drug-likeness (QED) is 0.858. The van der Waals surface area contributed by atoms with Crippen molar-refractivity contribution >= 4 is 33.2 Å². The molecule has 0 aliphatic carbocycles. The van der Waals surface area contributed by atoms with Gasteiger partial charge in [0.25, 0.3) is 0 Å². The Morgan fingerprint density at radius 2 is 1.91 bits per heavy atom.